The summed E-state index contributed by atoms with van der Waals surface area (Å²) in [6, 6.07) is 7.01. The molecule has 2 N–H and O–H groups in total. The van der Waals surface area contributed by atoms with Crippen molar-refractivity contribution >= 4 is 58.7 Å². The van der Waals surface area contributed by atoms with Gasteiger partial charge in [0, 0.05) is 31.9 Å². The van der Waals surface area contributed by atoms with Crippen molar-refractivity contribution in [1.82, 2.24) is 15.1 Å². The molecule has 1 aliphatic heterocycles. The van der Waals surface area contributed by atoms with Gasteiger partial charge < -0.3 is 10.6 Å². The second-order valence-electron chi connectivity index (χ2n) is 5.39. The minimum atomic E-state index is -0.131. The van der Waals surface area contributed by atoms with Crippen LogP contribution in [0.5, 0.6) is 0 Å². The van der Waals surface area contributed by atoms with Gasteiger partial charge in [0.05, 0.1) is 5.69 Å². The van der Waals surface area contributed by atoms with Crippen LogP contribution in [0.4, 0.5) is 15.2 Å². The third-order valence-corrected chi connectivity index (χ3v) is 5.80. The molecule has 1 aliphatic rings. The largest absolute Gasteiger partial charge is 0.374 e. The normalized spacial score (nSPS) is 14.7. The number of hydrogen-bond donors (Lipinski definition) is 1. The maximum atomic E-state index is 13.8. The molecule has 3 rings (SSSR count). The van der Waals surface area contributed by atoms with Crippen molar-refractivity contribution in [2.75, 3.05) is 49.1 Å². The standard InChI is InChI=1S/C15H20FN5S2.2ClH/c16-12-4-1-2-5-13(12)21-9-7-20(8-10-21)6-3-11-22-15-19-18-14(17)23-15;;/h1-2,4-5H,3,6-11H2,(H2,17,18);2*1H. The van der Waals surface area contributed by atoms with E-state index < -0.39 is 0 Å². The second-order valence-corrected chi connectivity index (χ2v) is 7.74. The molecule has 0 aliphatic carbocycles. The van der Waals surface area contributed by atoms with Gasteiger partial charge in [0.25, 0.3) is 0 Å². The summed E-state index contributed by atoms with van der Waals surface area (Å²) in [5.41, 5.74) is 6.28. The monoisotopic (exact) mass is 425 g/mol. The van der Waals surface area contributed by atoms with Crippen molar-refractivity contribution < 1.29 is 4.39 Å². The SMILES string of the molecule is Cl.Cl.Nc1nnc(SCCCN2CCN(c3ccccc3F)CC2)s1. The lowest BCUT2D eigenvalue weighted by atomic mass is 10.2. The maximum Gasteiger partial charge on any atom is 0.203 e. The van der Waals surface area contributed by atoms with Crippen LogP contribution in [-0.2, 0) is 0 Å². The first kappa shape index (κ1) is 22.2. The Hall–Kier alpha value is -0.800. The van der Waals surface area contributed by atoms with Gasteiger partial charge >= 0.3 is 0 Å². The van der Waals surface area contributed by atoms with Crippen LogP contribution < -0.4 is 10.6 Å². The topological polar surface area (TPSA) is 58.3 Å². The van der Waals surface area contributed by atoms with Crippen molar-refractivity contribution in [2.45, 2.75) is 10.8 Å². The zero-order chi connectivity index (χ0) is 16.1. The Morgan fingerprint density at radius 2 is 1.84 bits per heavy atom. The Morgan fingerprint density at radius 1 is 1.12 bits per heavy atom. The van der Waals surface area contributed by atoms with E-state index in [-0.39, 0.29) is 30.6 Å². The van der Waals surface area contributed by atoms with Crippen LogP contribution in [0.2, 0.25) is 0 Å². The number of nitrogen functional groups attached to an aromatic ring is 1. The van der Waals surface area contributed by atoms with E-state index in [0.717, 1.165) is 54.9 Å². The van der Waals surface area contributed by atoms with E-state index in [4.69, 9.17) is 5.73 Å². The number of halogens is 3. The van der Waals surface area contributed by atoms with E-state index in [1.165, 1.54) is 17.4 Å². The van der Waals surface area contributed by atoms with Gasteiger partial charge in [-0.15, -0.1) is 35.0 Å². The van der Waals surface area contributed by atoms with Crippen LogP contribution in [0.1, 0.15) is 6.42 Å². The fourth-order valence-corrected chi connectivity index (χ4v) is 4.28. The number of nitrogens with zero attached hydrogens (tertiary/aromatic N) is 4. The minimum absolute atomic E-state index is 0. The lowest BCUT2D eigenvalue weighted by Gasteiger charge is -2.36. The van der Waals surface area contributed by atoms with Gasteiger partial charge in [-0.25, -0.2) is 4.39 Å². The molecule has 5 nitrogen and oxygen atoms in total. The van der Waals surface area contributed by atoms with Gasteiger partial charge in [0.2, 0.25) is 5.13 Å². The third-order valence-electron chi connectivity index (χ3n) is 3.83. The molecule has 140 valence electrons. The molecule has 0 atom stereocenters. The Labute approximate surface area is 168 Å². The molecule has 0 amide bonds. The van der Waals surface area contributed by atoms with Gasteiger partial charge in [0.15, 0.2) is 4.34 Å². The van der Waals surface area contributed by atoms with Crippen molar-refractivity contribution in [3.8, 4) is 0 Å². The van der Waals surface area contributed by atoms with E-state index in [2.05, 4.69) is 20.0 Å². The lowest BCUT2D eigenvalue weighted by molar-refractivity contribution is 0.258. The Bertz CT molecular complexity index is 638. The first-order valence-corrected chi connectivity index (χ1v) is 9.46. The van der Waals surface area contributed by atoms with Crippen LogP contribution in [0.25, 0.3) is 0 Å². The predicted molar refractivity (Wildman–Crippen MR) is 109 cm³/mol. The predicted octanol–water partition coefficient (Wildman–Crippen LogP) is 3.41. The quantitative estimate of drug-likeness (QED) is 0.565. The van der Waals surface area contributed by atoms with Crippen LogP contribution in [0.15, 0.2) is 28.6 Å². The Morgan fingerprint density at radius 3 is 2.48 bits per heavy atom. The Kier molecular flexibility index (Phi) is 9.81. The molecule has 1 aromatic heterocycles. The summed E-state index contributed by atoms with van der Waals surface area (Å²) < 4.78 is 14.7. The molecule has 0 radical (unpaired) electrons. The van der Waals surface area contributed by atoms with Gasteiger partial charge in [-0.2, -0.15) is 0 Å². The van der Waals surface area contributed by atoms with Crippen molar-refractivity contribution in [1.29, 1.82) is 0 Å². The number of anilines is 2. The highest BCUT2D eigenvalue weighted by molar-refractivity contribution is 8.01. The summed E-state index contributed by atoms with van der Waals surface area (Å²) in [6.45, 7) is 4.77. The molecule has 2 heterocycles. The molecule has 0 saturated carbocycles. The van der Waals surface area contributed by atoms with Crippen LogP contribution in [0, 0.1) is 5.82 Å². The summed E-state index contributed by atoms with van der Waals surface area (Å²) in [6.07, 6.45) is 1.10. The second kappa shape index (κ2) is 11.0. The zero-order valence-corrected chi connectivity index (χ0v) is 16.9. The van der Waals surface area contributed by atoms with Crippen LogP contribution in [-0.4, -0.2) is 53.6 Å². The highest BCUT2D eigenvalue weighted by atomic mass is 35.5. The highest BCUT2D eigenvalue weighted by Gasteiger charge is 2.18. The fraction of sp³-hybridized carbons (Fsp3) is 0.467. The number of hydrogen-bond acceptors (Lipinski definition) is 7. The van der Waals surface area contributed by atoms with Crippen LogP contribution in [0.3, 0.4) is 0 Å². The number of rotatable bonds is 6. The van der Waals surface area contributed by atoms with Gasteiger partial charge in [-0.05, 0) is 25.1 Å². The Balaban J connectivity index is 0.00000156. The van der Waals surface area contributed by atoms with E-state index >= 15 is 0 Å². The number of aromatic nitrogens is 2. The van der Waals surface area contributed by atoms with E-state index in [0.29, 0.717) is 5.13 Å². The molecule has 10 heteroatoms. The molecule has 0 unspecified atom stereocenters. The molecule has 2 aromatic rings. The van der Waals surface area contributed by atoms with Crippen LogP contribution >= 0.6 is 47.9 Å². The molecule has 25 heavy (non-hydrogen) atoms. The molecule has 0 bridgehead atoms. The third kappa shape index (κ3) is 6.45. The van der Waals surface area contributed by atoms with Crippen molar-refractivity contribution in [2.24, 2.45) is 0 Å². The van der Waals surface area contributed by atoms with Crippen molar-refractivity contribution in [3.63, 3.8) is 0 Å². The van der Waals surface area contributed by atoms with E-state index in [1.54, 1.807) is 17.8 Å². The first-order valence-electron chi connectivity index (χ1n) is 7.66. The summed E-state index contributed by atoms with van der Waals surface area (Å²) in [5, 5.41) is 8.34. The first-order chi connectivity index (χ1) is 11.2. The van der Waals surface area contributed by atoms with E-state index in [9.17, 15) is 4.39 Å². The number of nitrogens with two attached hydrogens (primary N) is 1. The summed E-state index contributed by atoms with van der Waals surface area (Å²) in [4.78, 5) is 4.57. The summed E-state index contributed by atoms with van der Waals surface area (Å²) >= 11 is 3.14. The van der Waals surface area contributed by atoms with Crippen molar-refractivity contribution in [3.05, 3.63) is 30.1 Å². The molecule has 1 aromatic carbocycles. The molecular weight excluding hydrogens is 404 g/mol. The highest BCUT2D eigenvalue weighted by Crippen LogP contribution is 2.24. The maximum absolute atomic E-state index is 13.8. The molecule has 1 saturated heterocycles. The van der Waals surface area contributed by atoms with Gasteiger partial charge in [-0.3, -0.25) is 4.90 Å². The van der Waals surface area contributed by atoms with E-state index in [1.807, 2.05) is 12.1 Å². The number of piperazine rings is 1. The van der Waals surface area contributed by atoms with Gasteiger partial charge in [-0.1, -0.05) is 35.2 Å². The zero-order valence-electron chi connectivity index (χ0n) is 13.6. The number of benzene rings is 1. The molecular formula is C15H22Cl2FN5S2. The smallest absolute Gasteiger partial charge is 0.203 e. The number of thioether (sulfide) groups is 1. The fourth-order valence-electron chi connectivity index (χ4n) is 2.65. The molecule has 0 spiro atoms. The average Bonchev–Trinajstić information content (AvgIpc) is 2.98. The average molecular weight is 426 g/mol. The lowest BCUT2D eigenvalue weighted by Crippen LogP contribution is -2.47. The summed E-state index contributed by atoms with van der Waals surface area (Å²) in [7, 11) is 0. The minimum Gasteiger partial charge on any atom is -0.374 e. The molecule has 1 fully saturated rings. The van der Waals surface area contributed by atoms with Gasteiger partial charge in [0.1, 0.15) is 5.82 Å². The summed E-state index contributed by atoms with van der Waals surface area (Å²) in [5.74, 6) is 0.885. The number of para-hydroxylation sites is 1.